The van der Waals surface area contributed by atoms with Crippen LogP contribution in [-0.2, 0) is 0 Å². The quantitative estimate of drug-likeness (QED) is 0.720. The molecule has 4 nitrogen and oxygen atoms in total. The molecule has 2 N–H and O–H groups in total. The first-order valence-electron chi connectivity index (χ1n) is 6.33. The van der Waals surface area contributed by atoms with E-state index in [1.807, 2.05) is 49.4 Å². The highest BCUT2D eigenvalue weighted by Crippen LogP contribution is 2.19. The molecule has 98 valence electrons. The molecule has 0 amide bonds. The molecule has 0 aromatic rings. The number of hydrogen-bond donors (Lipinski definition) is 2. The van der Waals surface area contributed by atoms with Crippen LogP contribution in [0.4, 0.5) is 0 Å². The van der Waals surface area contributed by atoms with Crippen molar-refractivity contribution in [1.29, 1.82) is 0 Å². The van der Waals surface area contributed by atoms with Gasteiger partial charge in [0.15, 0.2) is 0 Å². The van der Waals surface area contributed by atoms with E-state index in [4.69, 9.17) is 13.0 Å². The molecule has 1 atom stereocenters. The molecule has 0 bridgehead atoms. The van der Waals surface area contributed by atoms with E-state index >= 15 is 0 Å². The Balaban J connectivity index is 2.13. The summed E-state index contributed by atoms with van der Waals surface area (Å²) in [7, 11) is 7.82. The summed E-state index contributed by atoms with van der Waals surface area (Å²) in [5.41, 5.74) is 2.68. The zero-order valence-electron chi connectivity index (χ0n) is 11.3. The Labute approximate surface area is 115 Å². The highest BCUT2D eigenvalue weighted by Gasteiger charge is 2.15. The number of nitrogens with zero attached hydrogens (tertiary/aromatic N) is 2. The van der Waals surface area contributed by atoms with E-state index in [1.54, 1.807) is 0 Å². The number of allylic oxidation sites excluding steroid dienone is 3. The SMILES string of the molecule is [B]C1=CN(C)C(=CC)C(NC2=NCC(CO)C=C2)=C1. The van der Waals surface area contributed by atoms with Gasteiger partial charge in [-0.15, -0.1) is 0 Å². The fourth-order valence-corrected chi connectivity index (χ4v) is 2.11. The average molecular weight is 255 g/mol. The van der Waals surface area contributed by atoms with Crippen molar-refractivity contribution >= 4 is 13.7 Å². The number of aliphatic hydroxyl groups is 1. The number of aliphatic hydroxyl groups excluding tert-OH is 1. The number of amidine groups is 1. The van der Waals surface area contributed by atoms with Gasteiger partial charge in [-0.3, -0.25) is 4.99 Å². The van der Waals surface area contributed by atoms with Crippen LogP contribution in [0.3, 0.4) is 0 Å². The summed E-state index contributed by atoms with van der Waals surface area (Å²) in [4.78, 5) is 6.38. The van der Waals surface area contributed by atoms with Crippen LogP contribution in [0.2, 0.25) is 0 Å². The molecule has 0 aliphatic carbocycles. The van der Waals surface area contributed by atoms with E-state index in [0.717, 1.165) is 17.2 Å². The minimum Gasteiger partial charge on any atom is -0.396 e. The summed E-state index contributed by atoms with van der Waals surface area (Å²) < 4.78 is 0. The molecule has 0 aromatic heterocycles. The molecule has 0 fully saturated rings. The van der Waals surface area contributed by atoms with E-state index in [-0.39, 0.29) is 12.5 Å². The van der Waals surface area contributed by atoms with Crippen molar-refractivity contribution in [2.75, 3.05) is 20.2 Å². The molecule has 2 aliphatic rings. The average Bonchev–Trinajstić information content (AvgIpc) is 2.39. The lowest BCUT2D eigenvalue weighted by Crippen LogP contribution is -2.31. The molecule has 2 radical (unpaired) electrons. The largest absolute Gasteiger partial charge is 0.396 e. The number of likely N-dealkylation sites (N-methyl/N-ethyl adjacent to an activating group) is 1. The standard InChI is InChI=1S/C14H18BN3O/c1-3-13-12(6-11(15)8-18(13)2)17-14-5-4-10(9-19)7-16-14/h3-6,8,10,19H,7,9H2,1-2H3,(H,16,17). The van der Waals surface area contributed by atoms with Crippen molar-refractivity contribution in [2.45, 2.75) is 6.92 Å². The lowest BCUT2D eigenvalue weighted by molar-refractivity contribution is 0.255. The molecule has 2 aliphatic heterocycles. The van der Waals surface area contributed by atoms with Crippen molar-refractivity contribution in [3.63, 3.8) is 0 Å². The fraction of sp³-hybridized carbons (Fsp3) is 0.357. The van der Waals surface area contributed by atoms with Gasteiger partial charge < -0.3 is 15.3 Å². The van der Waals surface area contributed by atoms with Crippen LogP contribution in [0.15, 0.2) is 52.4 Å². The van der Waals surface area contributed by atoms with Crippen molar-refractivity contribution in [3.8, 4) is 0 Å². The van der Waals surface area contributed by atoms with Gasteiger partial charge in [0.05, 0.1) is 18.0 Å². The summed E-state index contributed by atoms with van der Waals surface area (Å²) in [6, 6.07) is 0. The molecule has 0 aromatic carbocycles. The van der Waals surface area contributed by atoms with Gasteiger partial charge in [-0.05, 0) is 25.3 Å². The molecule has 0 saturated heterocycles. The molecule has 1 unspecified atom stereocenters. The van der Waals surface area contributed by atoms with Crippen LogP contribution in [0.5, 0.6) is 0 Å². The van der Waals surface area contributed by atoms with Crippen LogP contribution >= 0.6 is 0 Å². The van der Waals surface area contributed by atoms with E-state index in [1.165, 1.54) is 0 Å². The molecule has 5 heteroatoms. The number of rotatable bonds is 2. The second kappa shape index (κ2) is 5.93. The topological polar surface area (TPSA) is 47.9 Å². The lowest BCUT2D eigenvalue weighted by Gasteiger charge is -2.27. The molecule has 2 rings (SSSR count). The predicted molar refractivity (Wildman–Crippen MR) is 78.6 cm³/mol. The Morgan fingerprint density at radius 2 is 2.42 bits per heavy atom. The predicted octanol–water partition coefficient (Wildman–Crippen LogP) is 0.896. The van der Waals surface area contributed by atoms with Gasteiger partial charge in [0.25, 0.3) is 0 Å². The van der Waals surface area contributed by atoms with Crippen molar-refractivity contribution < 1.29 is 5.11 Å². The smallest absolute Gasteiger partial charge is 0.125 e. The van der Waals surface area contributed by atoms with E-state index in [0.29, 0.717) is 12.0 Å². The van der Waals surface area contributed by atoms with E-state index < -0.39 is 0 Å². The number of nitrogens with one attached hydrogen (secondary N) is 1. The molecule has 0 saturated carbocycles. The Bertz CT molecular complexity index is 503. The maximum atomic E-state index is 9.06. The number of dihydropyridines is 1. The summed E-state index contributed by atoms with van der Waals surface area (Å²) >= 11 is 0. The van der Waals surface area contributed by atoms with Crippen LogP contribution in [0.25, 0.3) is 0 Å². The van der Waals surface area contributed by atoms with Crippen molar-refractivity contribution in [2.24, 2.45) is 10.9 Å². The maximum Gasteiger partial charge on any atom is 0.125 e. The lowest BCUT2D eigenvalue weighted by atomic mass is 9.92. The van der Waals surface area contributed by atoms with Crippen LogP contribution < -0.4 is 5.32 Å². The summed E-state index contributed by atoms with van der Waals surface area (Å²) in [6.07, 6.45) is 9.65. The first-order chi connectivity index (χ1) is 9.13. The van der Waals surface area contributed by atoms with Crippen LogP contribution in [0, 0.1) is 5.92 Å². The third-order valence-electron chi connectivity index (χ3n) is 3.10. The molecular weight excluding hydrogens is 237 g/mol. The first kappa shape index (κ1) is 13.7. The normalized spacial score (nSPS) is 25.0. The second-order valence-corrected chi connectivity index (χ2v) is 4.62. The highest BCUT2D eigenvalue weighted by molar-refractivity contribution is 6.23. The number of hydrogen-bond acceptors (Lipinski definition) is 4. The minimum absolute atomic E-state index is 0.125. The first-order valence-corrected chi connectivity index (χ1v) is 6.33. The van der Waals surface area contributed by atoms with Gasteiger partial charge in [0.2, 0.25) is 0 Å². The summed E-state index contributed by atoms with van der Waals surface area (Å²) in [5, 5.41) is 12.3. The van der Waals surface area contributed by atoms with Crippen molar-refractivity contribution in [3.05, 3.63) is 47.4 Å². The van der Waals surface area contributed by atoms with Gasteiger partial charge in [-0.1, -0.05) is 17.6 Å². The number of aliphatic imine (C=N–C) groups is 1. The van der Waals surface area contributed by atoms with Crippen molar-refractivity contribution in [1.82, 2.24) is 10.2 Å². The highest BCUT2D eigenvalue weighted by atomic mass is 16.3. The maximum absolute atomic E-state index is 9.06. The Morgan fingerprint density at radius 3 is 3.00 bits per heavy atom. The molecule has 2 heterocycles. The van der Waals surface area contributed by atoms with Gasteiger partial charge >= 0.3 is 0 Å². The monoisotopic (exact) mass is 255 g/mol. The summed E-state index contributed by atoms with van der Waals surface area (Å²) in [5.74, 6) is 0.915. The summed E-state index contributed by atoms with van der Waals surface area (Å²) in [6.45, 7) is 2.72. The molecule has 0 spiro atoms. The third kappa shape index (κ3) is 3.17. The van der Waals surface area contributed by atoms with Gasteiger partial charge in [-0.2, -0.15) is 0 Å². The van der Waals surface area contributed by atoms with Crippen LogP contribution in [0.1, 0.15) is 6.92 Å². The zero-order valence-corrected chi connectivity index (χ0v) is 11.3. The van der Waals surface area contributed by atoms with Gasteiger partial charge in [0.1, 0.15) is 13.7 Å². The van der Waals surface area contributed by atoms with E-state index in [9.17, 15) is 0 Å². The molecular formula is C14H18BN3O. The van der Waals surface area contributed by atoms with Gasteiger partial charge in [0, 0.05) is 19.5 Å². The minimum atomic E-state index is 0.125. The Kier molecular flexibility index (Phi) is 4.27. The molecule has 19 heavy (non-hydrogen) atoms. The Morgan fingerprint density at radius 1 is 1.63 bits per heavy atom. The fourth-order valence-electron chi connectivity index (χ4n) is 2.11. The third-order valence-corrected chi connectivity index (χ3v) is 3.10. The second-order valence-electron chi connectivity index (χ2n) is 4.62. The van der Waals surface area contributed by atoms with Crippen LogP contribution in [-0.4, -0.2) is 43.9 Å². The zero-order chi connectivity index (χ0) is 13.8. The van der Waals surface area contributed by atoms with E-state index in [2.05, 4.69) is 10.3 Å². The Hall–Kier alpha value is -1.75. The van der Waals surface area contributed by atoms with Gasteiger partial charge in [-0.25, -0.2) is 0 Å².